The van der Waals surface area contributed by atoms with Crippen molar-refractivity contribution in [1.29, 1.82) is 0 Å². The summed E-state index contributed by atoms with van der Waals surface area (Å²) in [5.41, 5.74) is 8.02. The molecule has 0 aliphatic rings. The van der Waals surface area contributed by atoms with Crippen LogP contribution in [-0.2, 0) is 18.4 Å². The van der Waals surface area contributed by atoms with Crippen molar-refractivity contribution < 1.29 is 4.79 Å². The minimum Gasteiger partial charge on any atom is -0.350 e. The number of fused-ring (bicyclic) bond motifs is 1. The summed E-state index contributed by atoms with van der Waals surface area (Å²) in [5.74, 6) is 0.0861. The molecule has 1 aromatic heterocycles. The lowest BCUT2D eigenvalue weighted by atomic mass is 10.1. The van der Waals surface area contributed by atoms with Crippen molar-refractivity contribution in [2.45, 2.75) is 25.9 Å². The molecule has 0 bridgehead atoms. The van der Waals surface area contributed by atoms with E-state index in [9.17, 15) is 4.79 Å². The smallest absolute Gasteiger partial charge is 0.224 e. The van der Waals surface area contributed by atoms with Gasteiger partial charge in [0.05, 0.1) is 0 Å². The standard InChI is InChI=1S/C15H21N3O/c1-11(16)8-15(19)18(3)10-12-9-17(2)14-7-5-4-6-13(12)14/h4-7,9,11H,8,10,16H2,1-3H3. The lowest BCUT2D eigenvalue weighted by molar-refractivity contribution is -0.130. The topological polar surface area (TPSA) is 51.3 Å². The van der Waals surface area contributed by atoms with Crippen molar-refractivity contribution >= 4 is 16.8 Å². The molecule has 0 saturated heterocycles. The number of aromatic nitrogens is 1. The van der Waals surface area contributed by atoms with Crippen LogP contribution in [-0.4, -0.2) is 28.5 Å². The third kappa shape index (κ3) is 2.96. The average molecular weight is 259 g/mol. The minimum atomic E-state index is -0.0949. The molecule has 19 heavy (non-hydrogen) atoms. The van der Waals surface area contributed by atoms with Gasteiger partial charge in [-0.05, 0) is 18.6 Å². The van der Waals surface area contributed by atoms with Crippen LogP contribution in [0.15, 0.2) is 30.5 Å². The van der Waals surface area contributed by atoms with E-state index >= 15 is 0 Å². The normalized spacial score (nSPS) is 12.6. The maximum absolute atomic E-state index is 11.9. The minimum absolute atomic E-state index is 0.0861. The Labute approximate surface area is 113 Å². The van der Waals surface area contributed by atoms with Gasteiger partial charge in [0.25, 0.3) is 0 Å². The van der Waals surface area contributed by atoms with Crippen LogP contribution in [0.3, 0.4) is 0 Å². The molecule has 0 saturated carbocycles. The molecule has 0 radical (unpaired) electrons. The van der Waals surface area contributed by atoms with E-state index < -0.39 is 0 Å². The van der Waals surface area contributed by atoms with Gasteiger partial charge in [-0.2, -0.15) is 0 Å². The summed E-state index contributed by atoms with van der Waals surface area (Å²) in [5, 5.41) is 1.20. The highest BCUT2D eigenvalue weighted by molar-refractivity contribution is 5.84. The van der Waals surface area contributed by atoms with Gasteiger partial charge in [-0.3, -0.25) is 4.79 Å². The van der Waals surface area contributed by atoms with Crippen molar-refractivity contribution in [2.75, 3.05) is 7.05 Å². The van der Waals surface area contributed by atoms with E-state index in [1.807, 2.05) is 33.2 Å². The van der Waals surface area contributed by atoms with Gasteiger partial charge in [-0.1, -0.05) is 18.2 Å². The van der Waals surface area contributed by atoms with E-state index in [4.69, 9.17) is 5.73 Å². The molecular weight excluding hydrogens is 238 g/mol. The third-order valence-corrected chi connectivity index (χ3v) is 3.31. The summed E-state index contributed by atoms with van der Waals surface area (Å²) in [4.78, 5) is 13.7. The molecule has 0 fully saturated rings. The zero-order chi connectivity index (χ0) is 14.0. The molecule has 4 heteroatoms. The Morgan fingerprint density at radius 1 is 1.42 bits per heavy atom. The second-order valence-corrected chi connectivity index (χ2v) is 5.21. The summed E-state index contributed by atoms with van der Waals surface area (Å²) in [6, 6.07) is 8.13. The molecule has 102 valence electrons. The number of amides is 1. The Morgan fingerprint density at radius 3 is 2.79 bits per heavy atom. The van der Waals surface area contributed by atoms with E-state index in [0.29, 0.717) is 13.0 Å². The molecule has 2 aromatic rings. The Bertz CT molecular complexity index is 586. The zero-order valence-corrected chi connectivity index (χ0v) is 11.8. The maximum atomic E-state index is 11.9. The van der Waals surface area contributed by atoms with Crippen LogP contribution in [0.5, 0.6) is 0 Å². The highest BCUT2D eigenvalue weighted by Crippen LogP contribution is 2.21. The Kier molecular flexibility index (Phi) is 3.90. The molecule has 0 aliphatic carbocycles. The number of hydrogen-bond donors (Lipinski definition) is 1. The summed E-state index contributed by atoms with van der Waals surface area (Å²) in [6.45, 7) is 2.47. The van der Waals surface area contributed by atoms with Gasteiger partial charge < -0.3 is 15.2 Å². The first-order chi connectivity index (χ1) is 8.99. The second kappa shape index (κ2) is 5.45. The van der Waals surface area contributed by atoms with Gasteiger partial charge in [-0.15, -0.1) is 0 Å². The number of carbonyl (C=O) groups is 1. The molecule has 1 atom stereocenters. The number of carbonyl (C=O) groups excluding carboxylic acids is 1. The molecule has 2 N–H and O–H groups in total. The highest BCUT2D eigenvalue weighted by atomic mass is 16.2. The highest BCUT2D eigenvalue weighted by Gasteiger charge is 2.14. The maximum Gasteiger partial charge on any atom is 0.224 e. The Balaban J connectivity index is 2.19. The molecule has 1 heterocycles. The van der Waals surface area contributed by atoms with Crippen LogP contribution >= 0.6 is 0 Å². The largest absolute Gasteiger partial charge is 0.350 e. The van der Waals surface area contributed by atoms with Crippen LogP contribution in [0.1, 0.15) is 18.9 Å². The van der Waals surface area contributed by atoms with Gasteiger partial charge in [0.1, 0.15) is 0 Å². The van der Waals surface area contributed by atoms with E-state index in [1.165, 1.54) is 16.5 Å². The van der Waals surface area contributed by atoms with E-state index in [1.54, 1.807) is 4.90 Å². The molecule has 1 aromatic carbocycles. The summed E-state index contributed by atoms with van der Waals surface area (Å²) >= 11 is 0. The molecule has 2 rings (SSSR count). The van der Waals surface area contributed by atoms with E-state index in [2.05, 4.69) is 22.9 Å². The third-order valence-electron chi connectivity index (χ3n) is 3.31. The fraction of sp³-hybridized carbons (Fsp3) is 0.400. The van der Waals surface area contributed by atoms with Crippen molar-refractivity contribution in [3.8, 4) is 0 Å². The van der Waals surface area contributed by atoms with Crippen LogP contribution in [0.4, 0.5) is 0 Å². The second-order valence-electron chi connectivity index (χ2n) is 5.21. The molecule has 1 amide bonds. The lowest BCUT2D eigenvalue weighted by Crippen LogP contribution is -2.31. The van der Waals surface area contributed by atoms with Crippen molar-refractivity contribution in [3.05, 3.63) is 36.0 Å². The Hall–Kier alpha value is -1.81. The molecule has 0 spiro atoms. The number of aryl methyl sites for hydroxylation is 1. The van der Waals surface area contributed by atoms with E-state index in [0.717, 1.165) is 0 Å². The van der Waals surface area contributed by atoms with Crippen molar-refractivity contribution in [2.24, 2.45) is 12.8 Å². The van der Waals surface area contributed by atoms with Gasteiger partial charge in [0.2, 0.25) is 5.91 Å². The van der Waals surface area contributed by atoms with E-state index in [-0.39, 0.29) is 11.9 Å². The van der Waals surface area contributed by atoms with Crippen molar-refractivity contribution in [3.63, 3.8) is 0 Å². The Morgan fingerprint density at radius 2 is 2.11 bits per heavy atom. The van der Waals surface area contributed by atoms with Crippen LogP contribution in [0.2, 0.25) is 0 Å². The molecule has 1 unspecified atom stereocenters. The average Bonchev–Trinajstić information content (AvgIpc) is 2.66. The van der Waals surface area contributed by atoms with Crippen molar-refractivity contribution in [1.82, 2.24) is 9.47 Å². The van der Waals surface area contributed by atoms with Crippen LogP contribution < -0.4 is 5.73 Å². The number of rotatable bonds is 4. The molecule has 0 aliphatic heterocycles. The summed E-state index contributed by atoms with van der Waals surface area (Å²) < 4.78 is 2.09. The zero-order valence-electron chi connectivity index (χ0n) is 11.8. The monoisotopic (exact) mass is 259 g/mol. The first-order valence-electron chi connectivity index (χ1n) is 6.51. The quantitative estimate of drug-likeness (QED) is 0.911. The number of nitrogens with two attached hydrogens (primary N) is 1. The number of hydrogen-bond acceptors (Lipinski definition) is 2. The van der Waals surface area contributed by atoms with Crippen LogP contribution in [0, 0.1) is 0 Å². The molecular formula is C15H21N3O. The number of para-hydroxylation sites is 1. The van der Waals surface area contributed by atoms with Gasteiger partial charge in [0, 0.05) is 50.2 Å². The summed E-state index contributed by atoms with van der Waals surface area (Å²) in [7, 11) is 3.85. The SMILES string of the molecule is CC(N)CC(=O)N(C)Cc1cn(C)c2ccccc12. The predicted octanol–water partition coefficient (Wildman–Crippen LogP) is 1.87. The predicted molar refractivity (Wildman–Crippen MR) is 77.7 cm³/mol. The van der Waals surface area contributed by atoms with Gasteiger partial charge in [0.15, 0.2) is 0 Å². The van der Waals surface area contributed by atoms with Gasteiger partial charge in [-0.25, -0.2) is 0 Å². The molecule has 4 nitrogen and oxygen atoms in total. The first kappa shape index (κ1) is 13.6. The first-order valence-corrected chi connectivity index (χ1v) is 6.51. The van der Waals surface area contributed by atoms with Gasteiger partial charge >= 0.3 is 0 Å². The fourth-order valence-electron chi connectivity index (χ4n) is 2.33. The van der Waals surface area contributed by atoms with Crippen LogP contribution in [0.25, 0.3) is 10.9 Å². The number of benzene rings is 1. The number of nitrogens with zero attached hydrogens (tertiary/aromatic N) is 2. The summed E-state index contributed by atoms with van der Waals surface area (Å²) in [6.07, 6.45) is 2.47. The fourth-order valence-corrected chi connectivity index (χ4v) is 2.33. The lowest BCUT2D eigenvalue weighted by Gasteiger charge is -2.18.